The molecule has 1 unspecified atom stereocenters. The average molecular weight is 230 g/mol. The first kappa shape index (κ1) is 11.2. The maximum absolute atomic E-state index is 12.4. The van der Waals surface area contributed by atoms with Crippen molar-refractivity contribution in [3.05, 3.63) is 23.9 Å². The largest absolute Gasteiger partial charge is 0.416 e. The second kappa shape index (κ2) is 3.37. The number of halogens is 3. The van der Waals surface area contributed by atoms with E-state index in [2.05, 4.69) is 24.1 Å². The molecule has 1 aromatic rings. The Bertz CT molecular complexity index is 398. The molecule has 1 aliphatic rings. The smallest absolute Gasteiger partial charge is 0.367 e. The average Bonchev–Trinajstić information content (AvgIpc) is 2.72. The lowest BCUT2D eigenvalue weighted by Crippen LogP contribution is -2.11. The maximum Gasteiger partial charge on any atom is 0.416 e. The molecule has 2 nitrogen and oxygen atoms in total. The third-order valence-electron chi connectivity index (χ3n) is 2.92. The number of alkyl halides is 3. The molecule has 1 fully saturated rings. The third kappa shape index (κ3) is 2.28. The molecule has 16 heavy (non-hydrogen) atoms. The normalized spacial score (nSPS) is 22.9. The summed E-state index contributed by atoms with van der Waals surface area (Å²) >= 11 is 0. The fourth-order valence-electron chi connectivity index (χ4n) is 1.58. The minimum Gasteiger partial charge on any atom is -0.367 e. The van der Waals surface area contributed by atoms with Crippen LogP contribution >= 0.6 is 0 Å². The van der Waals surface area contributed by atoms with Crippen LogP contribution in [-0.2, 0) is 6.18 Å². The van der Waals surface area contributed by atoms with E-state index in [-0.39, 0.29) is 11.5 Å². The molecule has 0 saturated heterocycles. The van der Waals surface area contributed by atoms with Gasteiger partial charge in [0.25, 0.3) is 0 Å². The van der Waals surface area contributed by atoms with Gasteiger partial charge in [-0.1, -0.05) is 13.8 Å². The number of nitrogens with one attached hydrogen (secondary N) is 1. The van der Waals surface area contributed by atoms with Crippen LogP contribution < -0.4 is 5.32 Å². The Balaban J connectivity index is 2.12. The van der Waals surface area contributed by atoms with Crippen LogP contribution in [0.2, 0.25) is 0 Å². The van der Waals surface area contributed by atoms with Gasteiger partial charge in [0.15, 0.2) is 0 Å². The van der Waals surface area contributed by atoms with Gasteiger partial charge in [-0.3, -0.25) is 0 Å². The van der Waals surface area contributed by atoms with Crippen LogP contribution in [0.1, 0.15) is 25.8 Å². The molecular weight excluding hydrogens is 217 g/mol. The lowest BCUT2D eigenvalue weighted by atomic mass is 10.2. The van der Waals surface area contributed by atoms with Crippen molar-refractivity contribution in [3.63, 3.8) is 0 Å². The Morgan fingerprint density at radius 3 is 2.56 bits per heavy atom. The van der Waals surface area contributed by atoms with Gasteiger partial charge in [0, 0.05) is 12.2 Å². The van der Waals surface area contributed by atoms with E-state index in [4.69, 9.17) is 0 Å². The van der Waals surface area contributed by atoms with Crippen LogP contribution in [0.25, 0.3) is 0 Å². The zero-order chi connectivity index (χ0) is 12.0. The predicted molar refractivity (Wildman–Crippen MR) is 55.0 cm³/mol. The number of pyridine rings is 1. The molecular formula is C11H13F3N2. The van der Waals surface area contributed by atoms with E-state index >= 15 is 0 Å². The zero-order valence-corrected chi connectivity index (χ0v) is 9.10. The summed E-state index contributed by atoms with van der Waals surface area (Å²) in [5.41, 5.74) is -0.501. The summed E-state index contributed by atoms with van der Waals surface area (Å²) < 4.78 is 37.3. The number of aromatic nitrogens is 1. The second-order valence-corrected chi connectivity index (χ2v) is 4.82. The van der Waals surface area contributed by atoms with Gasteiger partial charge in [-0.2, -0.15) is 13.2 Å². The highest BCUT2D eigenvalue weighted by molar-refractivity contribution is 5.41. The molecule has 1 N–H and O–H groups in total. The predicted octanol–water partition coefficient (Wildman–Crippen LogP) is 3.31. The quantitative estimate of drug-likeness (QED) is 0.843. The molecule has 1 atom stereocenters. The molecule has 0 aliphatic heterocycles. The molecule has 5 heteroatoms. The van der Waals surface area contributed by atoms with E-state index < -0.39 is 11.7 Å². The fraction of sp³-hybridized carbons (Fsp3) is 0.545. The number of hydrogen-bond acceptors (Lipinski definition) is 2. The van der Waals surface area contributed by atoms with E-state index in [1.807, 2.05) is 0 Å². The summed E-state index contributed by atoms with van der Waals surface area (Å²) in [7, 11) is 0. The van der Waals surface area contributed by atoms with Crippen LogP contribution in [0.3, 0.4) is 0 Å². The minimum atomic E-state index is -4.31. The first-order valence-electron chi connectivity index (χ1n) is 5.09. The molecule has 88 valence electrons. The van der Waals surface area contributed by atoms with E-state index in [9.17, 15) is 13.2 Å². The molecule has 0 aromatic carbocycles. The lowest BCUT2D eigenvalue weighted by Gasteiger charge is -2.10. The van der Waals surface area contributed by atoms with Gasteiger partial charge in [-0.25, -0.2) is 4.98 Å². The van der Waals surface area contributed by atoms with Crippen molar-refractivity contribution in [2.45, 2.75) is 32.5 Å². The van der Waals surface area contributed by atoms with Crippen LogP contribution in [0.4, 0.5) is 19.0 Å². The van der Waals surface area contributed by atoms with E-state index in [0.717, 1.165) is 18.6 Å². The molecule has 1 aromatic heterocycles. The van der Waals surface area contributed by atoms with Gasteiger partial charge in [0.05, 0.1) is 5.56 Å². The number of nitrogens with zero attached hydrogens (tertiary/aromatic N) is 1. The highest BCUT2D eigenvalue weighted by atomic mass is 19.4. The van der Waals surface area contributed by atoms with Crippen molar-refractivity contribution in [2.24, 2.45) is 5.41 Å². The van der Waals surface area contributed by atoms with Crippen LogP contribution in [-0.4, -0.2) is 11.0 Å². The highest BCUT2D eigenvalue weighted by Crippen LogP contribution is 2.46. The van der Waals surface area contributed by atoms with Gasteiger partial charge < -0.3 is 5.32 Å². The SMILES string of the molecule is CC1(C)CC1Nc1cc(C(F)(F)F)ccn1. The maximum atomic E-state index is 12.4. The van der Waals surface area contributed by atoms with E-state index in [1.165, 1.54) is 6.20 Å². The third-order valence-corrected chi connectivity index (χ3v) is 2.92. The summed E-state index contributed by atoms with van der Waals surface area (Å²) in [4.78, 5) is 3.89. The number of rotatable bonds is 2. The van der Waals surface area contributed by atoms with Gasteiger partial charge in [0.2, 0.25) is 0 Å². The summed E-state index contributed by atoms with van der Waals surface area (Å²) in [6.45, 7) is 4.14. The molecule has 1 aliphatic carbocycles. The van der Waals surface area contributed by atoms with E-state index in [1.54, 1.807) is 0 Å². The molecule has 2 rings (SSSR count). The minimum absolute atomic E-state index is 0.163. The summed E-state index contributed by atoms with van der Waals surface area (Å²) in [5.74, 6) is 0.297. The topological polar surface area (TPSA) is 24.9 Å². The molecule has 0 radical (unpaired) electrons. The van der Waals surface area contributed by atoms with Gasteiger partial charge in [0.1, 0.15) is 5.82 Å². The first-order chi connectivity index (χ1) is 7.29. The molecule has 1 heterocycles. The van der Waals surface area contributed by atoms with Crippen LogP contribution in [0.5, 0.6) is 0 Å². The van der Waals surface area contributed by atoms with Crippen molar-refractivity contribution < 1.29 is 13.2 Å². The van der Waals surface area contributed by atoms with Gasteiger partial charge >= 0.3 is 6.18 Å². The molecule has 0 amide bonds. The van der Waals surface area contributed by atoms with E-state index in [0.29, 0.717) is 5.82 Å². The van der Waals surface area contributed by atoms with Crippen molar-refractivity contribution >= 4 is 5.82 Å². The van der Waals surface area contributed by atoms with Crippen molar-refractivity contribution in [1.29, 1.82) is 0 Å². The summed E-state index contributed by atoms with van der Waals surface area (Å²) in [6.07, 6.45) is -2.16. The Morgan fingerprint density at radius 1 is 1.44 bits per heavy atom. The van der Waals surface area contributed by atoms with Gasteiger partial charge in [-0.05, 0) is 24.0 Å². The standard InChI is InChI=1S/C11H13F3N2/c1-10(2)6-8(10)16-9-5-7(3-4-15-9)11(12,13)14/h3-5,8H,6H2,1-2H3,(H,15,16). The molecule has 0 spiro atoms. The Morgan fingerprint density at radius 2 is 2.06 bits per heavy atom. The van der Waals surface area contributed by atoms with Crippen molar-refractivity contribution in [2.75, 3.05) is 5.32 Å². The van der Waals surface area contributed by atoms with Crippen LogP contribution in [0.15, 0.2) is 18.3 Å². The monoisotopic (exact) mass is 230 g/mol. The first-order valence-corrected chi connectivity index (χ1v) is 5.09. The van der Waals surface area contributed by atoms with Crippen molar-refractivity contribution in [3.8, 4) is 0 Å². The van der Waals surface area contributed by atoms with Crippen molar-refractivity contribution in [1.82, 2.24) is 4.98 Å². The Kier molecular flexibility index (Phi) is 2.36. The summed E-state index contributed by atoms with van der Waals surface area (Å²) in [6, 6.07) is 2.25. The Hall–Kier alpha value is -1.26. The molecule has 1 saturated carbocycles. The molecule has 0 bridgehead atoms. The summed E-state index contributed by atoms with van der Waals surface area (Å²) in [5, 5.41) is 3.01. The van der Waals surface area contributed by atoms with Crippen LogP contribution in [0, 0.1) is 5.41 Å². The second-order valence-electron chi connectivity index (χ2n) is 4.82. The fourth-order valence-corrected chi connectivity index (χ4v) is 1.58. The number of hydrogen-bond donors (Lipinski definition) is 1. The van der Waals surface area contributed by atoms with Gasteiger partial charge in [-0.15, -0.1) is 0 Å². The highest BCUT2D eigenvalue weighted by Gasteiger charge is 2.46. The Labute approximate surface area is 91.9 Å². The zero-order valence-electron chi connectivity index (χ0n) is 9.10. The number of anilines is 1. The lowest BCUT2D eigenvalue weighted by molar-refractivity contribution is -0.137.